The summed E-state index contributed by atoms with van der Waals surface area (Å²) in [6.45, 7) is 2.94. The molecule has 0 fully saturated rings. The van der Waals surface area contributed by atoms with Gasteiger partial charge in [-0.05, 0) is 36.8 Å². The van der Waals surface area contributed by atoms with Gasteiger partial charge in [-0.15, -0.1) is 11.3 Å². The molecule has 90 valence electrons. The Morgan fingerprint density at radius 3 is 2.75 bits per heavy atom. The van der Waals surface area contributed by atoms with E-state index in [0.717, 1.165) is 42.7 Å². The second kappa shape index (κ2) is 7.41. The first kappa shape index (κ1) is 13.2. The van der Waals surface area contributed by atoms with Crippen LogP contribution in [-0.2, 0) is 0 Å². The van der Waals surface area contributed by atoms with Crippen LogP contribution in [0.1, 0.15) is 40.9 Å². The molecule has 16 heavy (non-hydrogen) atoms. The van der Waals surface area contributed by atoms with Crippen molar-refractivity contribution in [2.45, 2.75) is 32.6 Å². The molecule has 0 bridgehead atoms. The maximum absolute atomic E-state index is 11.7. The molecule has 1 rings (SSSR count). The fraction of sp³-hybridized carbons (Fsp3) is 0.583. The standard InChI is InChI=1S/C12H19NO2S/c1-10-6-9-16-11(10)12(15)13-7-4-2-3-5-8-14/h6,9,14H,2-5,7-8H2,1H3,(H,13,15). The van der Waals surface area contributed by atoms with Crippen LogP contribution in [0.3, 0.4) is 0 Å². The van der Waals surface area contributed by atoms with Crippen molar-refractivity contribution in [2.75, 3.05) is 13.2 Å². The molecule has 0 aliphatic rings. The van der Waals surface area contributed by atoms with Gasteiger partial charge in [0.15, 0.2) is 0 Å². The number of aliphatic hydroxyl groups excluding tert-OH is 1. The van der Waals surface area contributed by atoms with Crippen molar-refractivity contribution in [3.63, 3.8) is 0 Å². The van der Waals surface area contributed by atoms with Crippen LogP contribution in [0.25, 0.3) is 0 Å². The van der Waals surface area contributed by atoms with Gasteiger partial charge in [0.25, 0.3) is 5.91 Å². The fourth-order valence-corrected chi connectivity index (χ4v) is 2.32. The van der Waals surface area contributed by atoms with Gasteiger partial charge in [0.1, 0.15) is 0 Å². The molecular formula is C12H19NO2S. The maximum Gasteiger partial charge on any atom is 0.261 e. The lowest BCUT2D eigenvalue weighted by Crippen LogP contribution is -2.24. The number of nitrogens with one attached hydrogen (secondary N) is 1. The number of carbonyl (C=O) groups excluding carboxylic acids is 1. The van der Waals surface area contributed by atoms with E-state index in [2.05, 4.69) is 5.32 Å². The SMILES string of the molecule is Cc1ccsc1C(=O)NCCCCCCO. The summed E-state index contributed by atoms with van der Waals surface area (Å²) >= 11 is 1.48. The molecule has 0 atom stereocenters. The van der Waals surface area contributed by atoms with Crippen molar-refractivity contribution in [2.24, 2.45) is 0 Å². The van der Waals surface area contributed by atoms with Crippen LogP contribution >= 0.6 is 11.3 Å². The molecule has 0 spiro atoms. The van der Waals surface area contributed by atoms with Crippen LogP contribution in [-0.4, -0.2) is 24.2 Å². The Hall–Kier alpha value is -0.870. The van der Waals surface area contributed by atoms with Gasteiger partial charge in [-0.3, -0.25) is 4.79 Å². The van der Waals surface area contributed by atoms with Crippen molar-refractivity contribution in [3.05, 3.63) is 21.9 Å². The Morgan fingerprint density at radius 2 is 2.12 bits per heavy atom. The van der Waals surface area contributed by atoms with Gasteiger partial charge >= 0.3 is 0 Å². The van der Waals surface area contributed by atoms with Gasteiger partial charge in [-0.25, -0.2) is 0 Å². The van der Waals surface area contributed by atoms with Gasteiger partial charge in [-0.1, -0.05) is 12.8 Å². The molecule has 1 aromatic rings. The largest absolute Gasteiger partial charge is 0.396 e. The van der Waals surface area contributed by atoms with Crippen LogP contribution in [0.4, 0.5) is 0 Å². The Morgan fingerprint density at radius 1 is 1.38 bits per heavy atom. The highest BCUT2D eigenvalue weighted by Gasteiger charge is 2.08. The van der Waals surface area contributed by atoms with Crippen molar-refractivity contribution < 1.29 is 9.90 Å². The highest BCUT2D eigenvalue weighted by molar-refractivity contribution is 7.12. The third kappa shape index (κ3) is 4.33. The van der Waals surface area contributed by atoms with E-state index in [1.165, 1.54) is 11.3 Å². The van der Waals surface area contributed by atoms with Crippen molar-refractivity contribution in [1.82, 2.24) is 5.32 Å². The summed E-state index contributed by atoms with van der Waals surface area (Å²) in [5.41, 5.74) is 1.04. The summed E-state index contributed by atoms with van der Waals surface area (Å²) in [4.78, 5) is 12.5. The van der Waals surface area contributed by atoms with Crippen molar-refractivity contribution in [1.29, 1.82) is 0 Å². The first-order chi connectivity index (χ1) is 7.75. The summed E-state index contributed by atoms with van der Waals surface area (Å²) in [6, 6.07) is 1.96. The van der Waals surface area contributed by atoms with E-state index in [1.54, 1.807) is 0 Å². The number of amides is 1. The molecule has 4 heteroatoms. The predicted octanol–water partition coefficient (Wildman–Crippen LogP) is 2.34. The van der Waals surface area contributed by atoms with Gasteiger partial charge in [-0.2, -0.15) is 0 Å². The molecule has 1 heterocycles. The summed E-state index contributed by atoms with van der Waals surface area (Å²) < 4.78 is 0. The second-order valence-electron chi connectivity index (χ2n) is 3.83. The summed E-state index contributed by atoms with van der Waals surface area (Å²) in [7, 11) is 0. The Labute approximate surface area is 100 Å². The zero-order valence-electron chi connectivity index (χ0n) is 9.66. The molecule has 0 aromatic carbocycles. The second-order valence-corrected chi connectivity index (χ2v) is 4.74. The first-order valence-electron chi connectivity index (χ1n) is 5.69. The topological polar surface area (TPSA) is 49.3 Å². The molecule has 0 unspecified atom stereocenters. The average molecular weight is 241 g/mol. The zero-order chi connectivity index (χ0) is 11.8. The van der Waals surface area contributed by atoms with E-state index in [0.29, 0.717) is 0 Å². The number of aliphatic hydroxyl groups is 1. The lowest BCUT2D eigenvalue weighted by atomic mass is 10.2. The molecule has 0 radical (unpaired) electrons. The average Bonchev–Trinajstić information content (AvgIpc) is 2.69. The van der Waals surface area contributed by atoms with Crippen LogP contribution in [0.5, 0.6) is 0 Å². The zero-order valence-corrected chi connectivity index (χ0v) is 10.5. The number of hydrogen-bond donors (Lipinski definition) is 2. The summed E-state index contributed by atoms with van der Waals surface area (Å²) in [5.74, 6) is 0.0367. The molecule has 0 saturated carbocycles. The minimum Gasteiger partial charge on any atom is -0.396 e. The van der Waals surface area contributed by atoms with Gasteiger partial charge < -0.3 is 10.4 Å². The van der Waals surface area contributed by atoms with E-state index in [-0.39, 0.29) is 12.5 Å². The van der Waals surface area contributed by atoms with E-state index >= 15 is 0 Å². The smallest absolute Gasteiger partial charge is 0.261 e. The number of rotatable bonds is 7. The molecule has 0 saturated heterocycles. The van der Waals surface area contributed by atoms with Crippen molar-refractivity contribution >= 4 is 17.2 Å². The summed E-state index contributed by atoms with van der Waals surface area (Å²) in [6.07, 6.45) is 3.93. The number of thiophene rings is 1. The first-order valence-corrected chi connectivity index (χ1v) is 6.57. The number of carbonyl (C=O) groups is 1. The Balaban J connectivity index is 2.14. The molecule has 1 aromatic heterocycles. The monoisotopic (exact) mass is 241 g/mol. The highest BCUT2D eigenvalue weighted by Crippen LogP contribution is 2.14. The Bertz CT molecular complexity index is 323. The van der Waals surface area contributed by atoms with Crippen LogP contribution in [0, 0.1) is 6.92 Å². The molecule has 0 aliphatic carbocycles. The minimum atomic E-state index is 0.0367. The van der Waals surface area contributed by atoms with Crippen LogP contribution in [0.2, 0.25) is 0 Å². The molecule has 0 aliphatic heterocycles. The number of aryl methyl sites for hydroxylation is 1. The van der Waals surface area contributed by atoms with E-state index in [9.17, 15) is 4.79 Å². The predicted molar refractivity (Wildman–Crippen MR) is 66.9 cm³/mol. The number of unbranched alkanes of at least 4 members (excludes halogenated alkanes) is 3. The van der Waals surface area contributed by atoms with Gasteiger partial charge in [0.05, 0.1) is 4.88 Å². The molecule has 3 nitrogen and oxygen atoms in total. The lowest BCUT2D eigenvalue weighted by molar-refractivity contribution is 0.0956. The number of hydrogen-bond acceptors (Lipinski definition) is 3. The van der Waals surface area contributed by atoms with E-state index in [4.69, 9.17) is 5.11 Å². The van der Waals surface area contributed by atoms with Crippen LogP contribution < -0.4 is 5.32 Å². The highest BCUT2D eigenvalue weighted by atomic mass is 32.1. The van der Waals surface area contributed by atoms with Crippen LogP contribution in [0.15, 0.2) is 11.4 Å². The quantitative estimate of drug-likeness (QED) is 0.720. The fourth-order valence-electron chi connectivity index (χ4n) is 1.48. The molecular weight excluding hydrogens is 222 g/mol. The van der Waals surface area contributed by atoms with Crippen molar-refractivity contribution in [3.8, 4) is 0 Å². The maximum atomic E-state index is 11.7. The van der Waals surface area contributed by atoms with Gasteiger partial charge in [0.2, 0.25) is 0 Å². The minimum absolute atomic E-state index is 0.0367. The molecule has 2 N–H and O–H groups in total. The third-order valence-corrected chi connectivity index (χ3v) is 3.45. The third-order valence-electron chi connectivity index (χ3n) is 2.44. The summed E-state index contributed by atoms with van der Waals surface area (Å²) in [5, 5.41) is 13.4. The van der Waals surface area contributed by atoms with E-state index < -0.39 is 0 Å². The lowest BCUT2D eigenvalue weighted by Gasteiger charge is -2.04. The normalized spacial score (nSPS) is 10.4. The molecule has 1 amide bonds. The van der Waals surface area contributed by atoms with E-state index in [1.807, 2.05) is 18.4 Å². The van der Waals surface area contributed by atoms with Gasteiger partial charge in [0, 0.05) is 13.2 Å². The Kier molecular flexibility index (Phi) is 6.11.